The maximum Gasteiger partial charge on any atom is 0.254 e. The van der Waals surface area contributed by atoms with E-state index in [2.05, 4.69) is 20.2 Å². The van der Waals surface area contributed by atoms with Gasteiger partial charge in [-0.15, -0.1) is 10.2 Å². The molecule has 10 nitrogen and oxygen atoms in total. The third-order valence-corrected chi connectivity index (χ3v) is 6.87. The van der Waals surface area contributed by atoms with Crippen LogP contribution in [0, 0.1) is 6.92 Å². The van der Waals surface area contributed by atoms with Gasteiger partial charge in [-0.2, -0.15) is 0 Å². The highest BCUT2D eigenvalue weighted by Gasteiger charge is 2.34. The molecule has 1 amide bonds. The van der Waals surface area contributed by atoms with Crippen molar-refractivity contribution < 1.29 is 18.0 Å². The van der Waals surface area contributed by atoms with E-state index in [-0.39, 0.29) is 17.8 Å². The van der Waals surface area contributed by atoms with E-state index in [1.54, 1.807) is 29.5 Å². The van der Waals surface area contributed by atoms with Crippen LogP contribution in [-0.4, -0.2) is 37.5 Å². The largest absolute Gasteiger partial charge is 0.446 e. The van der Waals surface area contributed by atoms with Crippen LogP contribution < -0.4 is 5.73 Å². The molecule has 2 aromatic carbocycles. The van der Waals surface area contributed by atoms with Crippen molar-refractivity contribution in [3.63, 3.8) is 0 Å². The van der Waals surface area contributed by atoms with Gasteiger partial charge in [0.15, 0.2) is 0 Å². The van der Waals surface area contributed by atoms with Gasteiger partial charge in [-0.25, -0.2) is 9.97 Å². The summed E-state index contributed by atoms with van der Waals surface area (Å²) >= 11 is 0. The number of carbonyl (C=O) groups is 1. The summed E-state index contributed by atoms with van der Waals surface area (Å²) in [5.74, 6) is 1.31. The monoisotopic (exact) mass is 524 g/mol. The van der Waals surface area contributed by atoms with Crippen LogP contribution in [0.3, 0.4) is 0 Å². The molecule has 5 aromatic rings. The number of hydrogen-bond acceptors (Lipinski definition) is 9. The quantitative estimate of drug-likeness (QED) is 0.309. The number of benzene rings is 2. The van der Waals surface area contributed by atoms with Gasteiger partial charge in [-0.1, -0.05) is 30.3 Å². The van der Waals surface area contributed by atoms with E-state index in [0.717, 1.165) is 24.1 Å². The summed E-state index contributed by atoms with van der Waals surface area (Å²) in [6.45, 7) is 4.32. The highest BCUT2D eigenvalue weighted by molar-refractivity contribution is 5.97. The van der Waals surface area contributed by atoms with Crippen LogP contribution in [0.5, 0.6) is 0 Å². The summed E-state index contributed by atoms with van der Waals surface area (Å²) in [5, 5.41) is 8.54. The molecular weight excluding hydrogens is 496 g/mol. The Balaban J connectivity index is 1.35. The lowest BCUT2D eigenvalue weighted by atomic mass is 9.94. The van der Waals surface area contributed by atoms with E-state index in [9.17, 15) is 4.79 Å². The van der Waals surface area contributed by atoms with E-state index in [1.807, 2.05) is 50.2 Å². The molecule has 1 aliphatic rings. The first-order valence-corrected chi connectivity index (χ1v) is 12.8. The Morgan fingerprint density at radius 3 is 2.62 bits per heavy atom. The second kappa shape index (κ2) is 9.95. The molecular formula is C29H28N6O4. The molecule has 0 bridgehead atoms. The number of nitrogens with zero attached hydrogens (tertiary/aromatic N) is 5. The van der Waals surface area contributed by atoms with Gasteiger partial charge < -0.3 is 23.9 Å². The van der Waals surface area contributed by atoms with Crippen LogP contribution in [0.2, 0.25) is 0 Å². The second-order valence-corrected chi connectivity index (χ2v) is 10.1. The molecule has 1 aliphatic heterocycles. The number of nitrogens with two attached hydrogens (primary N) is 1. The number of aromatic nitrogens is 4. The van der Waals surface area contributed by atoms with Crippen LogP contribution >= 0.6 is 0 Å². The predicted octanol–water partition coefficient (Wildman–Crippen LogP) is 5.08. The molecule has 6 rings (SSSR count). The van der Waals surface area contributed by atoms with Gasteiger partial charge in [-0.3, -0.25) is 4.79 Å². The topological polar surface area (TPSA) is 137 Å². The van der Waals surface area contributed by atoms with Crippen molar-refractivity contribution in [2.24, 2.45) is 5.73 Å². The number of carbonyl (C=O) groups excluding carboxylic acids is 1. The highest BCUT2D eigenvalue weighted by atomic mass is 16.4. The molecule has 0 spiro atoms. The van der Waals surface area contributed by atoms with Crippen LogP contribution in [-0.2, 0) is 12.0 Å². The van der Waals surface area contributed by atoms with E-state index in [4.69, 9.17) is 19.0 Å². The molecule has 39 heavy (non-hydrogen) atoms. The SMILES string of the molecule is Cc1coc([C@H]2CCCN2C(=O)c2cc(-c3ncco3)cc(-c3nnc([C@](C)(N)Cc4ccccc4)o3)c2)n1. The normalized spacial score (nSPS) is 16.9. The summed E-state index contributed by atoms with van der Waals surface area (Å²) in [5.41, 5.74) is 9.17. The van der Waals surface area contributed by atoms with Crippen molar-refractivity contribution in [3.8, 4) is 22.9 Å². The van der Waals surface area contributed by atoms with E-state index < -0.39 is 5.54 Å². The molecule has 0 unspecified atom stereocenters. The maximum absolute atomic E-state index is 13.8. The molecule has 198 valence electrons. The zero-order chi connectivity index (χ0) is 27.0. The molecule has 0 aliphatic carbocycles. The molecule has 3 aromatic heterocycles. The molecule has 2 atom stereocenters. The third kappa shape index (κ3) is 4.98. The molecule has 0 radical (unpaired) electrons. The van der Waals surface area contributed by atoms with Crippen molar-refractivity contribution in [3.05, 3.63) is 95.9 Å². The minimum Gasteiger partial charge on any atom is -0.446 e. The lowest BCUT2D eigenvalue weighted by Crippen LogP contribution is -2.35. The minimum atomic E-state index is -0.887. The fourth-order valence-corrected chi connectivity index (χ4v) is 4.99. The molecule has 10 heteroatoms. The van der Waals surface area contributed by atoms with E-state index in [1.165, 1.54) is 6.26 Å². The minimum absolute atomic E-state index is 0.157. The summed E-state index contributed by atoms with van der Waals surface area (Å²) in [7, 11) is 0. The first-order valence-electron chi connectivity index (χ1n) is 12.8. The Hall–Kier alpha value is -4.57. The Bertz CT molecular complexity index is 1590. The average Bonchev–Trinajstić information content (AvgIpc) is 3.74. The number of likely N-dealkylation sites (tertiary alicyclic amines) is 1. The van der Waals surface area contributed by atoms with E-state index >= 15 is 0 Å². The summed E-state index contributed by atoms with van der Waals surface area (Å²) in [6, 6.07) is 15.0. The highest BCUT2D eigenvalue weighted by Crippen LogP contribution is 2.35. The van der Waals surface area contributed by atoms with Gasteiger partial charge >= 0.3 is 0 Å². The Labute approximate surface area is 224 Å². The lowest BCUT2D eigenvalue weighted by Gasteiger charge is -2.23. The molecule has 2 N–H and O–H groups in total. The van der Waals surface area contributed by atoms with Gasteiger partial charge in [0.1, 0.15) is 18.6 Å². The van der Waals surface area contributed by atoms with Crippen LogP contribution in [0.4, 0.5) is 0 Å². The van der Waals surface area contributed by atoms with Crippen molar-refractivity contribution in [1.82, 2.24) is 25.1 Å². The van der Waals surface area contributed by atoms with Gasteiger partial charge in [0.25, 0.3) is 5.91 Å². The fourth-order valence-electron chi connectivity index (χ4n) is 4.99. The van der Waals surface area contributed by atoms with Gasteiger partial charge in [0.2, 0.25) is 23.6 Å². The van der Waals surface area contributed by atoms with Gasteiger partial charge in [-0.05, 0) is 56.9 Å². The lowest BCUT2D eigenvalue weighted by molar-refractivity contribution is 0.0715. The number of hydrogen-bond donors (Lipinski definition) is 1. The average molecular weight is 525 g/mol. The Morgan fingerprint density at radius 1 is 1.10 bits per heavy atom. The number of amides is 1. The van der Waals surface area contributed by atoms with Gasteiger partial charge in [0.05, 0.1) is 17.4 Å². The smallest absolute Gasteiger partial charge is 0.254 e. The molecule has 0 saturated carbocycles. The van der Waals surface area contributed by atoms with Crippen LogP contribution in [0.1, 0.15) is 59.2 Å². The van der Waals surface area contributed by atoms with Crippen molar-refractivity contribution in [2.75, 3.05) is 6.54 Å². The zero-order valence-corrected chi connectivity index (χ0v) is 21.7. The van der Waals surface area contributed by atoms with Crippen LogP contribution in [0.25, 0.3) is 22.9 Å². The summed E-state index contributed by atoms with van der Waals surface area (Å²) in [6.07, 6.45) is 6.80. The number of oxazole rings is 2. The predicted molar refractivity (Wildman–Crippen MR) is 141 cm³/mol. The number of aryl methyl sites for hydroxylation is 1. The third-order valence-electron chi connectivity index (χ3n) is 6.87. The summed E-state index contributed by atoms with van der Waals surface area (Å²) < 4.78 is 17.3. The van der Waals surface area contributed by atoms with E-state index in [0.29, 0.717) is 47.3 Å². The Morgan fingerprint density at radius 2 is 1.90 bits per heavy atom. The summed E-state index contributed by atoms with van der Waals surface area (Å²) in [4.78, 5) is 24.4. The van der Waals surface area contributed by atoms with Crippen molar-refractivity contribution in [1.29, 1.82) is 0 Å². The first kappa shape index (κ1) is 24.7. The number of rotatable bonds is 7. The standard InChI is InChI=1S/C29H28N6O4/c1-18-17-38-26(32-18)23-9-6-11-35(23)27(36)22-14-20(24-31-10-12-37-24)13-21(15-22)25-33-34-28(39-25)29(2,30)16-19-7-4-3-5-8-19/h3-5,7-8,10,12-15,17,23H,6,9,11,16,30H2,1-2H3/t23-,29-/m1/s1. The molecule has 1 fully saturated rings. The first-order chi connectivity index (χ1) is 18.9. The zero-order valence-electron chi connectivity index (χ0n) is 21.7. The van der Waals surface area contributed by atoms with Crippen LogP contribution in [0.15, 0.2) is 80.5 Å². The maximum atomic E-state index is 13.8. The molecule has 1 saturated heterocycles. The fraction of sp³-hybridized carbons (Fsp3) is 0.276. The second-order valence-electron chi connectivity index (χ2n) is 10.1. The van der Waals surface area contributed by atoms with Gasteiger partial charge in [0, 0.05) is 23.2 Å². The van der Waals surface area contributed by atoms with Crippen molar-refractivity contribution in [2.45, 2.75) is 44.7 Å². The Kier molecular flexibility index (Phi) is 6.32. The molecule has 4 heterocycles. The van der Waals surface area contributed by atoms with Crippen molar-refractivity contribution >= 4 is 5.91 Å².